The molecule has 0 amide bonds. The third-order valence-corrected chi connectivity index (χ3v) is 2.58. The van der Waals surface area contributed by atoms with Crippen molar-refractivity contribution < 1.29 is 9.50 Å². The van der Waals surface area contributed by atoms with Crippen LogP contribution in [0.15, 0.2) is 0 Å². The number of aliphatic hydroxyl groups excluding tert-OH is 1. The summed E-state index contributed by atoms with van der Waals surface area (Å²) in [7, 11) is 1.68. The van der Waals surface area contributed by atoms with E-state index in [-0.39, 0.29) is 12.6 Å². The van der Waals surface area contributed by atoms with Gasteiger partial charge in [-0.05, 0) is 11.6 Å². The normalized spacial score (nSPS) is 27.4. The second-order valence-electron chi connectivity index (χ2n) is 3.79. The number of aromatic nitrogens is 4. The molecule has 1 N–H and O–H groups in total. The van der Waals surface area contributed by atoms with E-state index in [0.29, 0.717) is 25.3 Å². The third-order valence-electron chi connectivity index (χ3n) is 2.58. The average Bonchev–Trinajstić information content (AvgIpc) is 2.73. The van der Waals surface area contributed by atoms with Crippen LogP contribution in [0.3, 0.4) is 0 Å². The number of hydrogen-bond donors (Lipinski definition) is 1. The second-order valence-corrected chi connectivity index (χ2v) is 3.79. The number of halogens is 1. The van der Waals surface area contributed by atoms with Crippen molar-refractivity contribution in [1.29, 1.82) is 0 Å². The summed E-state index contributed by atoms with van der Waals surface area (Å²) < 4.78 is 13.1. The number of aliphatic hydroxyl groups is 1. The van der Waals surface area contributed by atoms with Gasteiger partial charge in [-0.1, -0.05) is 0 Å². The molecule has 1 saturated heterocycles. The van der Waals surface area contributed by atoms with Gasteiger partial charge in [-0.25, -0.2) is 4.39 Å². The Morgan fingerprint density at radius 3 is 3.00 bits per heavy atom. The van der Waals surface area contributed by atoms with E-state index in [1.54, 1.807) is 7.05 Å². The van der Waals surface area contributed by atoms with Crippen LogP contribution in [0.4, 0.5) is 4.39 Å². The summed E-state index contributed by atoms with van der Waals surface area (Å²) in [5.74, 6) is 0.560. The van der Waals surface area contributed by atoms with Crippen LogP contribution in [0.2, 0.25) is 0 Å². The van der Waals surface area contributed by atoms with Crippen molar-refractivity contribution in [3.63, 3.8) is 0 Å². The molecule has 6 nitrogen and oxygen atoms in total. The first kappa shape index (κ1) is 10.4. The molecule has 0 unspecified atom stereocenters. The lowest BCUT2D eigenvalue weighted by atomic mass is 10.2. The number of alkyl halides is 1. The Labute approximate surface area is 86.7 Å². The van der Waals surface area contributed by atoms with E-state index >= 15 is 0 Å². The van der Waals surface area contributed by atoms with E-state index < -0.39 is 6.17 Å². The molecule has 1 aromatic rings. The molecule has 0 aliphatic carbocycles. The third kappa shape index (κ3) is 2.29. The number of tetrazole rings is 1. The number of rotatable bonds is 3. The number of likely N-dealkylation sites (tertiary alicyclic amines) is 1. The predicted octanol–water partition coefficient (Wildman–Crippen LogP) is -0.885. The zero-order chi connectivity index (χ0) is 10.8. The highest BCUT2D eigenvalue weighted by Gasteiger charge is 2.32. The van der Waals surface area contributed by atoms with E-state index in [2.05, 4.69) is 15.4 Å². The minimum absolute atomic E-state index is 0.0271. The number of nitrogens with zero attached hydrogens (tertiary/aromatic N) is 5. The van der Waals surface area contributed by atoms with Gasteiger partial charge in [0, 0.05) is 12.6 Å². The lowest BCUT2D eigenvalue weighted by Crippen LogP contribution is -2.32. The Kier molecular flexibility index (Phi) is 2.92. The van der Waals surface area contributed by atoms with Crippen LogP contribution in [0.1, 0.15) is 12.2 Å². The molecule has 7 heteroatoms. The molecule has 0 bridgehead atoms. The quantitative estimate of drug-likeness (QED) is 0.709. The molecule has 15 heavy (non-hydrogen) atoms. The van der Waals surface area contributed by atoms with E-state index in [1.807, 2.05) is 4.90 Å². The van der Waals surface area contributed by atoms with Crippen LogP contribution in [-0.2, 0) is 13.6 Å². The fourth-order valence-corrected chi connectivity index (χ4v) is 1.87. The molecule has 0 radical (unpaired) electrons. The largest absolute Gasteiger partial charge is 0.395 e. The molecule has 84 valence electrons. The highest BCUT2D eigenvalue weighted by molar-refractivity contribution is 4.88. The molecule has 1 aliphatic rings. The van der Waals surface area contributed by atoms with Crippen molar-refractivity contribution in [3.8, 4) is 0 Å². The summed E-state index contributed by atoms with van der Waals surface area (Å²) >= 11 is 0. The smallest absolute Gasteiger partial charge is 0.188 e. The van der Waals surface area contributed by atoms with Crippen molar-refractivity contribution in [2.24, 2.45) is 7.05 Å². The van der Waals surface area contributed by atoms with E-state index in [0.717, 1.165) is 0 Å². The highest BCUT2D eigenvalue weighted by atomic mass is 19.1. The van der Waals surface area contributed by atoms with Gasteiger partial charge in [-0.3, -0.25) is 4.90 Å². The van der Waals surface area contributed by atoms with Crippen LogP contribution in [-0.4, -0.2) is 55.6 Å². The molecule has 2 rings (SSSR count). The molecular weight excluding hydrogens is 201 g/mol. The van der Waals surface area contributed by atoms with Crippen LogP contribution in [0.25, 0.3) is 0 Å². The molecule has 1 aliphatic heterocycles. The summed E-state index contributed by atoms with van der Waals surface area (Å²) in [6, 6.07) is -0.121. The maximum Gasteiger partial charge on any atom is 0.188 e. The van der Waals surface area contributed by atoms with Gasteiger partial charge >= 0.3 is 0 Å². The van der Waals surface area contributed by atoms with Crippen LogP contribution >= 0.6 is 0 Å². The summed E-state index contributed by atoms with van der Waals surface area (Å²) in [4.78, 5) is 3.22. The van der Waals surface area contributed by atoms with Gasteiger partial charge in [0.15, 0.2) is 5.82 Å². The maximum atomic E-state index is 13.1. The molecule has 0 spiro atoms. The minimum atomic E-state index is -0.862. The summed E-state index contributed by atoms with van der Waals surface area (Å²) in [5, 5.41) is 20.6. The lowest BCUT2D eigenvalue weighted by molar-refractivity contribution is 0.150. The Hall–Kier alpha value is -1.08. The topological polar surface area (TPSA) is 67.1 Å². The van der Waals surface area contributed by atoms with Gasteiger partial charge in [-0.15, -0.1) is 10.2 Å². The van der Waals surface area contributed by atoms with Crippen molar-refractivity contribution >= 4 is 0 Å². The SMILES string of the molecule is Cn1nnc(CN2C[C@@H](F)C[C@H]2CO)n1. The summed E-state index contributed by atoms with van der Waals surface area (Å²) in [6.07, 6.45) is -0.477. The van der Waals surface area contributed by atoms with Gasteiger partial charge in [-0.2, -0.15) is 4.80 Å². The highest BCUT2D eigenvalue weighted by Crippen LogP contribution is 2.21. The standard InChI is InChI=1S/C8H14FN5O/c1-13-11-8(10-12-13)4-14-3-6(9)2-7(14)5-15/h6-7,15H,2-5H2,1H3/t6-,7-/m0/s1. The molecule has 0 saturated carbocycles. The molecule has 2 atom stereocenters. The predicted molar refractivity (Wildman–Crippen MR) is 49.6 cm³/mol. The van der Waals surface area contributed by atoms with Crippen molar-refractivity contribution in [2.75, 3.05) is 13.2 Å². The Bertz CT molecular complexity index is 331. The first-order valence-electron chi connectivity index (χ1n) is 4.91. The Morgan fingerprint density at radius 2 is 2.40 bits per heavy atom. The molecule has 1 fully saturated rings. The molecular formula is C8H14FN5O. The van der Waals surface area contributed by atoms with E-state index in [1.165, 1.54) is 4.80 Å². The van der Waals surface area contributed by atoms with Crippen molar-refractivity contribution in [1.82, 2.24) is 25.1 Å². The molecule has 2 heterocycles. The van der Waals surface area contributed by atoms with Crippen LogP contribution in [0.5, 0.6) is 0 Å². The summed E-state index contributed by atoms with van der Waals surface area (Å²) in [5.41, 5.74) is 0. The minimum Gasteiger partial charge on any atom is -0.395 e. The lowest BCUT2D eigenvalue weighted by Gasteiger charge is -2.19. The van der Waals surface area contributed by atoms with Crippen LogP contribution < -0.4 is 0 Å². The number of hydrogen-bond acceptors (Lipinski definition) is 5. The average molecular weight is 215 g/mol. The van der Waals surface area contributed by atoms with Gasteiger partial charge in [0.05, 0.1) is 20.2 Å². The monoisotopic (exact) mass is 215 g/mol. The fourth-order valence-electron chi connectivity index (χ4n) is 1.87. The zero-order valence-corrected chi connectivity index (χ0v) is 8.54. The number of aryl methyl sites for hydroxylation is 1. The zero-order valence-electron chi connectivity index (χ0n) is 8.54. The molecule has 0 aromatic carbocycles. The van der Waals surface area contributed by atoms with Gasteiger partial charge in [0.25, 0.3) is 0 Å². The van der Waals surface area contributed by atoms with Gasteiger partial charge in [0.2, 0.25) is 0 Å². The molecule has 1 aromatic heterocycles. The van der Waals surface area contributed by atoms with E-state index in [9.17, 15) is 4.39 Å². The first-order valence-corrected chi connectivity index (χ1v) is 4.91. The first-order chi connectivity index (χ1) is 7.19. The fraction of sp³-hybridized carbons (Fsp3) is 0.875. The van der Waals surface area contributed by atoms with Gasteiger partial charge < -0.3 is 5.11 Å². The van der Waals surface area contributed by atoms with Crippen LogP contribution in [0, 0.1) is 0 Å². The maximum absolute atomic E-state index is 13.1. The Morgan fingerprint density at radius 1 is 1.60 bits per heavy atom. The van der Waals surface area contributed by atoms with Crippen molar-refractivity contribution in [3.05, 3.63) is 5.82 Å². The second kappa shape index (κ2) is 4.19. The summed E-state index contributed by atoms with van der Waals surface area (Å²) in [6.45, 7) is 0.754. The van der Waals surface area contributed by atoms with Gasteiger partial charge in [0.1, 0.15) is 6.17 Å². The van der Waals surface area contributed by atoms with E-state index in [4.69, 9.17) is 5.11 Å². The Balaban J connectivity index is 1.99. The van der Waals surface area contributed by atoms with Crippen molar-refractivity contribution in [2.45, 2.75) is 25.2 Å².